The average molecular weight is 788 g/mol. The standard InChI is InChI=1S/C41H49N5O11/c1-4-29-25-6-10-43-28(25)18-46(29)36-37-24(15-26-31(48)13-22(2)55-38(26)36)16-34(40(3,56-37)9-5-23-14-35(51)44-17-23)57-54-20-33(50)41(53,39(52)32(49)19-47)21-45-12-8-27-30(45)7-11-42-27/h6-8,10-13,15,23,30,32-34,39,47,49-50,52-53H,4-5,9,14,16-21H2,1-3H3,(H,44,51)/t23-,30?,32-,33+,34-,39-,40-,41-/m1/s1. The molecule has 1 saturated heterocycles. The molecule has 8 rings (SSSR count). The number of nitrogens with one attached hydrogen (secondary N) is 1. The van der Waals surface area contributed by atoms with Crippen molar-refractivity contribution in [3.8, 4) is 5.75 Å². The third-order valence-electron chi connectivity index (χ3n) is 12.1. The number of amides is 1. The van der Waals surface area contributed by atoms with Crippen LogP contribution in [0.25, 0.3) is 11.0 Å². The number of hydrogen-bond donors (Lipinski definition) is 6. The molecule has 1 amide bonds. The Bertz CT molecular complexity index is 2190. The maximum Gasteiger partial charge on any atom is 0.220 e. The van der Waals surface area contributed by atoms with E-state index in [4.69, 9.17) is 18.9 Å². The lowest BCUT2D eigenvalue weighted by Crippen LogP contribution is -2.64. The monoisotopic (exact) mass is 787 g/mol. The summed E-state index contributed by atoms with van der Waals surface area (Å²) in [6.45, 7) is 4.80. The minimum absolute atomic E-state index is 0.0149. The van der Waals surface area contributed by atoms with Gasteiger partial charge in [-0.1, -0.05) is 6.92 Å². The fourth-order valence-electron chi connectivity index (χ4n) is 8.78. The van der Waals surface area contributed by atoms with Crippen molar-refractivity contribution in [1.29, 1.82) is 0 Å². The van der Waals surface area contributed by atoms with Gasteiger partial charge in [-0.3, -0.25) is 19.6 Å². The summed E-state index contributed by atoms with van der Waals surface area (Å²) in [4.78, 5) is 50.1. The molecule has 0 bridgehead atoms. The lowest BCUT2D eigenvalue weighted by atomic mass is 9.83. The number of allylic oxidation sites excluding steroid dienone is 2. The van der Waals surface area contributed by atoms with Crippen molar-refractivity contribution in [3.05, 3.63) is 81.8 Å². The Morgan fingerprint density at radius 3 is 2.72 bits per heavy atom. The third kappa shape index (κ3) is 7.02. The molecule has 6 N–H and O–H groups in total. The van der Waals surface area contributed by atoms with Crippen molar-refractivity contribution >= 4 is 34.0 Å². The van der Waals surface area contributed by atoms with Crippen molar-refractivity contribution < 1.29 is 49.3 Å². The van der Waals surface area contributed by atoms with Crippen molar-refractivity contribution in [2.45, 2.75) is 94.5 Å². The molecule has 16 nitrogen and oxygen atoms in total. The molecule has 1 aromatic carbocycles. The van der Waals surface area contributed by atoms with Gasteiger partial charge in [-0.15, -0.1) is 0 Å². The number of rotatable bonds is 15. The molecule has 6 aliphatic rings. The van der Waals surface area contributed by atoms with Crippen LogP contribution in [0.2, 0.25) is 0 Å². The van der Waals surface area contributed by atoms with Crippen LogP contribution in [0.15, 0.2) is 79.4 Å². The van der Waals surface area contributed by atoms with Crippen molar-refractivity contribution in [2.75, 3.05) is 37.7 Å². The second kappa shape index (κ2) is 15.2. The zero-order chi connectivity index (χ0) is 40.2. The van der Waals surface area contributed by atoms with Crippen LogP contribution in [0.1, 0.15) is 50.9 Å². The van der Waals surface area contributed by atoms with E-state index in [1.54, 1.807) is 48.6 Å². The van der Waals surface area contributed by atoms with Crippen LogP contribution in [0, 0.1) is 12.8 Å². The predicted molar refractivity (Wildman–Crippen MR) is 209 cm³/mol. The van der Waals surface area contributed by atoms with Crippen LogP contribution < -0.4 is 20.4 Å². The van der Waals surface area contributed by atoms with Gasteiger partial charge in [-0.05, 0) is 63.3 Å². The van der Waals surface area contributed by atoms with E-state index in [1.165, 1.54) is 6.07 Å². The normalized spacial score (nSPS) is 27.3. The molecule has 0 saturated carbocycles. The summed E-state index contributed by atoms with van der Waals surface area (Å²) < 4.78 is 13.4. The van der Waals surface area contributed by atoms with Crippen LogP contribution in [0.4, 0.5) is 5.69 Å². The molecule has 57 heavy (non-hydrogen) atoms. The van der Waals surface area contributed by atoms with Gasteiger partial charge in [0.2, 0.25) is 5.91 Å². The number of ether oxygens (including phenoxy) is 1. The van der Waals surface area contributed by atoms with Crippen LogP contribution in [0.3, 0.4) is 0 Å². The van der Waals surface area contributed by atoms with Gasteiger partial charge in [0.1, 0.15) is 53.7 Å². The summed E-state index contributed by atoms with van der Waals surface area (Å²) >= 11 is 0. The molecular weight excluding hydrogens is 738 g/mol. The molecule has 304 valence electrons. The van der Waals surface area contributed by atoms with Gasteiger partial charge < -0.3 is 49.8 Å². The number of aliphatic imine (C=N–C) groups is 2. The minimum Gasteiger partial charge on any atom is -0.482 e. The summed E-state index contributed by atoms with van der Waals surface area (Å²) in [5.41, 5.74) is 1.61. The Kier molecular flexibility index (Phi) is 10.5. The first-order valence-electron chi connectivity index (χ1n) is 19.5. The molecule has 0 radical (unpaired) electrons. The zero-order valence-electron chi connectivity index (χ0n) is 32.1. The molecule has 0 aliphatic carbocycles. The number of nitrogens with zero attached hydrogens (tertiary/aromatic N) is 4. The maximum absolute atomic E-state index is 13.6. The van der Waals surface area contributed by atoms with E-state index in [2.05, 4.69) is 27.1 Å². The fraction of sp³-hybridized carbons (Fsp3) is 0.512. The highest BCUT2D eigenvalue weighted by molar-refractivity contribution is 6.13. The number of aryl methyl sites for hydroxylation is 1. The number of aliphatic hydroxyl groups is 5. The molecule has 1 fully saturated rings. The summed E-state index contributed by atoms with van der Waals surface area (Å²) in [5, 5.41) is 57.7. The molecule has 16 heteroatoms. The number of β-amino-alcohol motifs (C(OH)–C–C–N with tert-alkyl or cyclic N) is 1. The minimum atomic E-state index is -2.40. The highest BCUT2D eigenvalue weighted by atomic mass is 17.2. The van der Waals surface area contributed by atoms with Gasteiger partial charge in [0.15, 0.2) is 16.8 Å². The Balaban J connectivity index is 1.11. The van der Waals surface area contributed by atoms with E-state index in [0.29, 0.717) is 78.2 Å². The number of carbonyl (C=O) groups is 1. The largest absolute Gasteiger partial charge is 0.482 e. The summed E-state index contributed by atoms with van der Waals surface area (Å²) in [7, 11) is 0. The second-order valence-electron chi connectivity index (χ2n) is 15.9. The maximum atomic E-state index is 13.6. The van der Waals surface area contributed by atoms with Gasteiger partial charge in [0, 0.05) is 60.9 Å². The zero-order valence-corrected chi connectivity index (χ0v) is 32.1. The van der Waals surface area contributed by atoms with Gasteiger partial charge in [-0.2, -0.15) is 0 Å². The quantitative estimate of drug-likeness (QED) is 0.111. The van der Waals surface area contributed by atoms with Crippen LogP contribution in [-0.2, 0) is 21.0 Å². The molecule has 7 heterocycles. The van der Waals surface area contributed by atoms with E-state index in [0.717, 1.165) is 17.0 Å². The number of anilines is 1. The topological polar surface area (TPSA) is 219 Å². The Hall–Kier alpha value is -4.68. The summed E-state index contributed by atoms with van der Waals surface area (Å²) in [5.74, 6) is 1.02. The van der Waals surface area contributed by atoms with Gasteiger partial charge in [0.05, 0.1) is 42.5 Å². The smallest absolute Gasteiger partial charge is 0.220 e. The van der Waals surface area contributed by atoms with Crippen LogP contribution in [-0.4, -0.2) is 122 Å². The van der Waals surface area contributed by atoms with E-state index in [-0.39, 0.29) is 36.3 Å². The van der Waals surface area contributed by atoms with Crippen LogP contribution in [0.5, 0.6) is 5.75 Å². The van der Waals surface area contributed by atoms with Crippen molar-refractivity contribution in [1.82, 2.24) is 10.2 Å². The summed E-state index contributed by atoms with van der Waals surface area (Å²) in [6, 6.07) is 2.86. The Morgan fingerprint density at radius 1 is 1.14 bits per heavy atom. The van der Waals surface area contributed by atoms with E-state index < -0.39 is 48.8 Å². The number of fused-ring (bicyclic) bond motifs is 4. The molecule has 2 aromatic rings. The number of hydrogen-bond acceptors (Lipinski definition) is 15. The summed E-state index contributed by atoms with van der Waals surface area (Å²) in [6.07, 6.45) is 6.48. The van der Waals surface area contributed by atoms with Crippen LogP contribution >= 0.6 is 0 Å². The average Bonchev–Trinajstić information content (AvgIpc) is 4.03. The van der Waals surface area contributed by atoms with E-state index in [1.807, 2.05) is 13.0 Å². The number of benzene rings is 1. The van der Waals surface area contributed by atoms with Gasteiger partial charge in [0.25, 0.3) is 0 Å². The van der Waals surface area contributed by atoms with Crippen molar-refractivity contribution in [2.24, 2.45) is 15.9 Å². The molecule has 1 aromatic heterocycles. The molecule has 0 spiro atoms. The highest BCUT2D eigenvalue weighted by Crippen LogP contribution is 2.50. The lowest BCUT2D eigenvalue weighted by molar-refractivity contribution is -0.365. The van der Waals surface area contributed by atoms with Gasteiger partial charge in [-0.25, -0.2) is 9.78 Å². The fourth-order valence-corrected chi connectivity index (χ4v) is 8.78. The number of aliphatic hydroxyl groups excluding tert-OH is 4. The third-order valence-corrected chi connectivity index (χ3v) is 12.1. The van der Waals surface area contributed by atoms with E-state index in [9.17, 15) is 35.1 Å². The van der Waals surface area contributed by atoms with Gasteiger partial charge >= 0.3 is 0 Å². The molecular formula is C41H49N5O11. The van der Waals surface area contributed by atoms with Crippen molar-refractivity contribution in [3.63, 3.8) is 0 Å². The first-order chi connectivity index (χ1) is 27.3. The first-order valence-corrected chi connectivity index (χ1v) is 19.5. The lowest BCUT2D eigenvalue weighted by Gasteiger charge is -2.44. The highest BCUT2D eigenvalue weighted by Gasteiger charge is 2.50. The number of carbonyl (C=O) groups excluding carboxylic acids is 1. The second-order valence-corrected chi connectivity index (χ2v) is 15.9. The first kappa shape index (κ1) is 39.2. The molecule has 6 aliphatic heterocycles. The Morgan fingerprint density at radius 2 is 1.96 bits per heavy atom. The molecule has 8 atom stereocenters. The van der Waals surface area contributed by atoms with E-state index >= 15 is 0 Å². The predicted octanol–water partition coefficient (Wildman–Crippen LogP) is 1.45. The molecule has 1 unspecified atom stereocenters. The SMILES string of the molecule is CCC1=C2C=CN=C2CN1c1c2c(cc3c(=O)cc(C)oc13)C[C@@H](OOC[C@H](O)[C@](O)(CN1C=CC3=NC=CC31)[C@H](O)[C@H](O)CO)[C@@](C)(CC[C@H]1CNC(=O)C1)O2. The Labute approximate surface area is 328 Å².